The first-order valence-corrected chi connectivity index (χ1v) is 9.59. The summed E-state index contributed by atoms with van der Waals surface area (Å²) < 4.78 is 11.6. The van der Waals surface area contributed by atoms with Crippen LogP contribution in [0.3, 0.4) is 0 Å². The summed E-state index contributed by atoms with van der Waals surface area (Å²) in [6, 6.07) is 13.0. The van der Waals surface area contributed by atoms with Gasteiger partial charge in [0.1, 0.15) is 0 Å². The summed E-state index contributed by atoms with van der Waals surface area (Å²) >= 11 is 2.19. The Balaban J connectivity index is 1.88. The number of hydrogen-bond donors (Lipinski definition) is 0. The topological polar surface area (TPSA) is 55.8 Å². The van der Waals surface area contributed by atoms with E-state index in [0.717, 1.165) is 14.7 Å². The van der Waals surface area contributed by atoms with E-state index in [-0.39, 0.29) is 30.6 Å². The largest absolute Gasteiger partial charge is 0.493 e. The maximum atomic E-state index is 13.1. The Bertz CT molecular complexity index is 879. The van der Waals surface area contributed by atoms with Crippen molar-refractivity contribution in [3.63, 3.8) is 0 Å². The van der Waals surface area contributed by atoms with Crippen molar-refractivity contribution in [2.45, 2.75) is 18.9 Å². The molecule has 0 fully saturated rings. The Morgan fingerprint density at radius 3 is 2.48 bits per heavy atom. The number of ketones is 1. The lowest BCUT2D eigenvalue weighted by molar-refractivity contribution is -0.131. The van der Waals surface area contributed by atoms with E-state index in [2.05, 4.69) is 22.6 Å². The van der Waals surface area contributed by atoms with Gasteiger partial charge in [-0.25, -0.2) is 0 Å². The highest BCUT2D eigenvalue weighted by atomic mass is 127. The molecule has 0 aromatic heterocycles. The molecule has 0 saturated heterocycles. The van der Waals surface area contributed by atoms with Crippen molar-refractivity contribution in [1.82, 2.24) is 4.90 Å². The molecule has 2 aromatic rings. The van der Waals surface area contributed by atoms with Crippen LogP contribution in [0, 0.1) is 3.57 Å². The van der Waals surface area contributed by atoms with Crippen LogP contribution >= 0.6 is 22.6 Å². The average molecular weight is 477 g/mol. The number of halogens is 1. The molecule has 3 rings (SSSR count). The van der Waals surface area contributed by atoms with Crippen LogP contribution in [0.5, 0.6) is 11.5 Å². The summed E-state index contributed by atoms with van der Waals surface area (Å²) in [6.45, 7) is 0. The number of nitrogens with zero attached hydrogens (tertiary/aromatic N) is 1. The Kier molecular flexibility index (Phi) is 6.15. The lowest BCUT2D eigenvalue weighted by Gasteiger charge is -2.31. The minimum atomic E-state index is -0.283. The summed E-state index contributed by atoms with van der Waals surface area (Å²) in [7, 11) is 3.15. The van der Waals surface area contributed by atoms with Crippen molar-refractivity contribution < 1.29 is 19.1 Å². The second kappa shape index (κ2) is 8.56. The van der Waals surface area contributed by atoms with Gasteiger partial charge in [0.25, 0.3) is 0 Å². The molecular weight excluding hydrogens is 457 g/mol. The third-order valence-electron chi connectivity index (χ3n) is 4.52. The summed E-state index contributed by atoms with van der Waals surface area (Å²) in [5, 5.41) is 0. The maximum absolute atomic E-state index is 13.1. The van der Waals surface area contributed by atoms with Crippen LogP contribution in [0.15, 0.2) is 54.7 Å². The third kappa shape index (κ3) is 4.32. The van der Waals surface area contributed by atoms with Crippen molar-refractivity contribution in [3.8, 4) is 11.5 Å². The smallest absolute Gasteiger partial charge is 0.231 e. The number of rotatable bonds is 5. The highest BCUT2D eigenvalue weighted by molar-refractivity contribution is 14.1. The molecule has 0 bridgehead atoms. The second-order valence-electron chi connectivity index (χ2n) is 6.19. The zero-order chi connectivity index (χ0) is 19.4. The molecule has 5 nitrogen and oxygen atoms in total. The van der Waals surface area contributed by atoms with Gasteiger partial charge in [-0.05, 0) is 51.9 Å². The fraction of sp³-hybridized carbons (Fsp3) is 0.238. The Morgan fingerprint density at radius 1 is 1.15 bits per heavy atom. The first-order chi connectivity index (χ1) is 13.0. The number of allylic oxidation sites excluding steroid dienone is 1. The van der Waals surface area contributed by atoms with Crippen LogP contribution < -0.4 is 9.47 Å². The van der Waals surface area contributed by atoms with Crippen LogP contribution in [0.4, 0.5) is 0 Å². The minimum absolute atomic E-state index is 0.0219. The summed E-state index contributed by atoms with van der Waals surface area (Å²) in [4.78, 5) is 26.6. The number of amides is 1. The number of carbonyl (C=O) groups is 2. The summed E-state index contributed by atoms with van der Waals surface area (Å²) in [6.07, 6.45) is 3.56. The van der Waals surface area contributed by atoms with E-state index in [1.807, 2.05) is 42.5 Å². The van der Waals surface area contributed by atoms with E-state index in [0.29, 0.717) is 11.5 Å². The minimum Gasteiger partial charge on any atom is -0.493 e. The van der Waals surface area contributed by atoms with Gasteiger partial charge < -0.3 is 14.4 Å². The average Bonchev–Trinajstić information content (AvgIpc) is 2.69. The van der Waals surface area contributed by atoms with Crippen LogP contribution in [0.2, 0.25) is 0 Å². The molecule has 27 heavy (non-hydrogen) atoms. The highest BCUT2D eigenvalue weighted by Gasteiger charge is 2.29. The molecule has 2 aromatic carbocycles. The number of ether oxygens (including phenoxy) is 2. The Hall–Kier alpha value is -2.35. The zero-order valence-corrected chi connectivity index (χ0v) is 17.3. The third-order valence-corrected chi connectivity index (χ3v) is 5.52. The van der Waals surface area contributed by atoms with E-state index >= 15 is 0 Å². The SMILES string of the molecule is COc1cc(I)c(CC(=O)N2C=CC(=O)C[C@H]2c2ccccc2)cc1OC. The molecule has 1 heterocycles. The Labute approximate surface area is 172 Å². The fourth-order valence-electron chi connectivity index (χ4n) is 3.12. The standard InChI is InChI=1S/C21H20INO4/c1-26-19-10-15(17(22)13-20(19)27-2)11-21(25)23-9-8-16(24)12-18(23)14-6-4-3-5-7-14/h3-10,13,18H,11-12H2,1-2H3/t18-/m0/s1. The number of benzene rings is 2. The number of carbonyl (C=O) groups excluding carboxylic acids is 2. The number of hydrogen-bond acceptors (Lipinski definition) is 4. The fourth-order valence-corrected chi connectivity index (χ4v) is 3.75. The van der Waals surface area contributed by atoms with Crippen molar-refractivity contribution in [3.05, 3.63) is 69.4 Å². The van der Waals surface area contributed by atoms with E-state index in [4.69, 9.17) is 9.47 Å². The van der Waals surface area contributed by atoms with Crippen LogP contribution in [0.1, 0.15) is 23.6 Å². The highest BCUT2D eigenvalue weighted by Crippen LogP contribution is 2.33. The molecule has 140 valence electrons. The summed E-state index contributed by atoms with van der Waals surface area (Å²) in [5.74, 6) is 1.17. The van der Waals surface area contributed by atoms with E-state index in [9.17, 15) is 9.59 Å². The summed E-state index contributed by atoms with van der Waals surface area (Å²) in [5.41, 5.74) is 1.81. The van der Waals surface area contributed by atoms with Crippen molar-refractivity contribution in [2.75, 3.05) is 14.2 Å². The second-order valence-corrected chi connectivity index (χ2v) is 7.35. The first kappa shape index (κ1) is 19.4. The van der Waals surface area contributed by atoms with Crippen molar-refractivity contribution in [2.24, 2.45) is 0 Å². The van der Waals surface area contributed by atoms with Gasteiger partial charge in [-0.3, -0.25) is 9.59 Å². The van der Waals surface area contributed by atoms with Gasteiger partial charge in [-0.15, -0.1) is 0 Å². The molecule has 1 atom stereocenters. The van der Waals surface area contributed by atoms with Gasteiger partial charge >= 0.3 is 0 Å². The molecule has 0 N–H and O–H groups in total. The van der Waals surface area contributed by atoms with Gasteiger partial charge in [0, 0.05) is 16.2 Å². The molecule has 0 spiro atoms. The monoisotopic (exact) mass is 477 g/mol. The molecule has 1 aliphatic rings. The molecule has 0 radical (unpaired) electrons. The zero-order valence-electron chi connectivity index (χ0n) is 15.1. The van der Waals surface area contributed by atoms with E-state index in [1.54, 1.807) is 25.3 Å². The molecule has 1 aliphatic heterocycles. The van der Waals surface area contributed by atoms with Gasteiger partial charge in [-0.2, -0.15) is 0 Å². The van der Waals surface area contributed by atoms with Gasteiger partial charge in [-0.1, -0.05) is 30.3 Å². The predicted molar refractivity (Wildman–Crippen MR) is 111 cm³/mol. The molecular formula is C21H20INO4. The lowest BCUT2D eigenvalue weighted by Crippen LogP contribution is -2.35. The lowest BCUT2D eigenvalue weighted by atomic mass is 9.96. The van der Waals surface area contributed by atoms with Crippen LogP contribution in [0.25, 0.3) is 0 Å². The molecule has 0 unspecified atom stereocenters. The molecule has 1 amide bonds. The van der Waals surface area contributed by atoms with E-state index < -0.39 is 0 Å². The van der Waals surface area contributed by atoms with Gasteiger partial charge in [0.15, 0.2) is 17.3 Å². The van der Waals surface area contributed by atoms with Gasteiger partial charge in [0.05, 0.1) is 26.7 Å². The van der Waals surface area contributed by atoms with Crippen LogP contribution in [-0.2, 0) is 16.0 Å². The maximum Gasteiger partial charge on any atom is 0.231 e. The van der Waals surface area contributed by atoms with Crippen molar-refractivity contribution in [1.29, 1.82) is 0 Å². The first-order valence-electron chi connectivity index (χ1n) is 8.51. The normalized spacial score (nSPS) is 16.3. The molecule has 0 aliphatic carbocycles. The van der Waals surface area contributed by atoms with Crippen molar-refractivity contribution >= 4 is 34.3 Å². The quantitative estimate of drug-likeness (QED) is 0.614. The molecule has 6 heteroatoms. The predicted octanol–water partition coefficient (Wildman–Crippen LogP) is 3.91. The Morgan fingerprint density at radius 2 is 1.81 bits per heavy atom. The number of methoxy groups -OCH3 is 2. The van der Waals surface area contributed by atoms with Crippen LogP contribution in [-0.4, -0.2) is 30.8 Å². The van der Waals surface area contributed by atoms with Gasteiger partial charge in [0.2, 0.25) is 5.91 Å². The molecule has 0 saturated carbocycles. The van der Waals surface area contributed by atoms with E-state index in [1.165, 1.54) is 6.08 Å².